The molecule has 2 N–H and O–H groups in total. The summed E-state index contributed by atoms with van der Waals surface area (Å²) in [5.74, 6) is 0.758. The maximum atomic E-state index is 5.88. The number of ether oxygens (including phenoxy) is 1. The lowest BCUT2D eigenvalue weighted by Crippen LogP contribution is -2.20. The SMILES string of the molecule is N[C@@H]1CCOc2cc(Cl)c(Cl)cc21. The van der Waals surface area contributed by atoms with Crippen LogP contribution in [0.4, 0.5) is 0 Å². The smallest absolute Gasteiger partial charge is 0.125 e. The normalized spacial score (nSPS) is 20.7. The molecule has 1 aromatic carbocycles. The minimum Gasteiger partial charge on any atom is -0.493 e. The predicted molar refractivity (Wildman–Crippen MR) is 53.5 cm³/mol. The van der Waals surface area contributed by atoms with Crippen molar-refractivity contribution >= 4 is 23.2 Å². The number of fused-ring (bicyclic) bond motifs is 1. The van der Waals surface area contributed by atoms with Crippen molar-refractivity contribution in [3.05, 3.63) is 27.7 Å². The first-order valence-electron chi connectivity index (χ1n) is 4.06. The Kier molecular flexibility index (Phi) is 2.37. The Morgan fingerprint density at radius 1 is 1.31 bits per heavy atom. The number of hydrogen-bond acceptors (Lipinski definition) is 2. The molecule has 70 valence electrons. The van der Waals surface area contributed by atoms with E-state index in [1.807, 2.05) is 0 Å². The lowest BCUT2D eigenvalue weighted by Gasteiger charge is -2.23. The summed E-state index contributed by atoms with van der Waals surface area (Å²) in [5.41, 5.74) is 6.83. The molecule has 4 heteroatoms. The van der Waals surface area contributed by atoms with Gasteiger partial charge in [0.15, 0.2) is 0 Å². The van der Waals surface area contributed by atoms with Crippen LogP contribution in [-0.2, 0) is 0 Å². The highest BCUT2D eigenvalue weighted by atomic mass is 35.5. The van der Waals surface area contributed by atoms with E-state index in [-0.39, 0.29) is 6.04 Å². The Labute approximate surface area is 86.6 Å². The fourth-order valence-electron chi connectivity index (χ4n) is 1.41. The molecule has 1 atom stereocenters. The molecule has 1 aliphatic heterocycles. The summed E-state index contributed by atoms with van der Waals surface area (Å²) in [7, 11) is 0. The van der Waals surface area contributed by atoms with Gasteiger partial charge in [0.05, 0.1) is 16.7 Å². The summed E-state index contributed by atoms with van der Waals surface area (Å²) >= 11 is 11.7. The molecule has 0 spiro atoms. The molecular formula is C9H9Cl2NO. The van der Waals surface area contributed by atoms with Crippen molar-refractivity contribution in [1.82, 2.24) is 0 Å². The summed E-state index contributed by atoms with van der Waals surface area (Å²) in [6.45, 7) is 0.645. The van der Waals surface area contributed by atoms with Gasteiger partial charge in [0.25, 0.3) is 0 Å². The fourth-order valence-corrected chi connectivity index (χ4v) is 1.74. The first-order valence-corrected chi connectivity index (χ1v) is 4.81. The van der Waals surface area contributed by atoms with Crippen LogP contribution in [0.15, 0.2) is 12.1 Å². The Morgan fingerprint density at radius 3 is 2.77 bits per heavy atom. The van der Waals surface area contributed by atoms with Crippen molar-refractivity contribution in [2.24, 2.45) is 5.73 Å². The molecule has 0 unspecified atom stereocenters. The second kappa shape index (κ2) is 3.37. The van der Waals surface area contributed by atoms with Gasteiger partial charge in [0, 0.05) is 24.1 Å². The molecule has 0 fully saturated rings. The average molecular weight is 218 g/mol. The van der Waals surface area contributed by atoms with Gasteiger partial charge in [-0.25, -0.2) is 0 Å². The highest BCUT2D eigenvalue weighted by Gasteiger charge is 2.19. The highest BCUT2D eigenvalue weighted by molar-refractivity contribution is 6.42. The topological polar surface area (TPSA) is 35.2 Å². The van der Waals surface area contributed by atoms with Crippen LogP contribution in [-0.4, -0.2) is 6.61 Å². The summed E-state index contributed by atoms with van der Waals surface area (Å²) in [6, 6.07) is 3.51. The maximum Gasteiger partial charge on any atom is 0.125 e. The fraction of sp³-hybridized carbons (Fsp3) is 0.333. The van der Waals surface area contributed by atoms with Gasteiger partial charge >= 0.3 is 0 Å². The Hall–Kier alpha value is -0.440. The minimum atomic E-state index is 0.0125. The van der Waals surface area contributed by atoms with Crippen LogP contribution in [0.5, 0.6) is 5.75 Å². The lowest BCUT2D eigenvalue weighted by molar-refractivity contribution is 0.269. The third-order valence-corrected chi connectivity index (χ3v) is 2.86. The van der Waals surface area contributed by atoms with Gasteiger partial charge in [-0.15, -0.1) is 0 Å². The van der Waals surface area contributed by atoms with E-state index < -0.39 is 0 Å². The largest absolute Gasteiger partial charge is 0.493 e. The van der Waals surface area contributed by atoms with Crippen molar-refractivity contribution in [1.29, 1.82) is 0 Å². The number of halogens is 2. The highest BCUT2D eigenvalue weighted by Crippen LogP contribution is 2.36. The predicted octanol–water partition coefficient (Wildman–Crippen LogP) is 2.78. The number of hydrogen-bond donors (Lipinski definition) is 1. The van der Waals surface area contributed by atoms with E-state index >= 15 is 0 Å². The first kappa shape index (κ1) is 9.13. The standard InChI is InChI=1S/C9H9Cl2NO/c10-6-3-5-8(12)1-2-13-9(5)4-7(6)11/h3-4,8H,1-2,12H2/t8-/m1/s1. The monoisotopic (exact) mass is 217 g/mol. The van der Waals surface area contributed by atoms with Gasteiger partial charge in [-0.3, -0.25) is 0 Å². The molecule has 0 saturated carbocycles. The summed E-state index contributed by atoms with van der Waals surface area (Å²) in [6.07, 6.45) is 0.824. The van der Waals surface area contributed by atoms with E-state index in [1.54, 1.807) is 12.1 Å². The quantitative estimate of drug-likeness (QED) is 0.726. The molecule has 1 heterocycles. The molecule has 2 rings (SSSR count). The Balaban J connectivity index is 2.52. The van der Waals surface area contributed by atoms with Crippen LogP contribution in [0.2, 0.25) is 10.0 Å². The van der Waals surface area contributed by atoms with Crippen molar-refractivity contribution in [2.75, 3.05) is 6.61 Å². The molecule has 1 aliphatic rings. The summed E-state index contributed by atoms with van der Waals surface area (Å²) in [5, 5.41) is 1.04. The Morgan fingerprint density at radius 2 is 2.00 bits per heavy atom. The van der Waals surface area contributed by atoms with Crippen LogP contribution in [0, 0.1) is 0 Å². The molecule has 0 saturated heterocycles. The van der Waals surface area contributed by atoms with Crippen LogP contribution in [0.1, 0.15) is 18.0 Å². The molecule has 2 nitrogen and oxygen atoms in total. The van der Waals surface area contributed by atoms with E-state index in [0.717, 1.165) is 17.7 Å². The molecule has 1 aromatic rings. The maximum absolute atomic E-state index is 5.88. The number of nitrogens with two attached hydrogens (primary N) is 1. The van der Waals surface area contributed by atoms with Crippen LogP contribution < -0.4 is 10.5 Å². The third-order valence-electron chi connectivity index (χ3n) is 2.14. The second-order valence-electron chi connectivity index (χ2n) is 3.05. The zero-order valence-corrected chi connectivity index (χ0v) is 8.40. The zero-order valence-electron chi connectivity index (χ0n) is 6.89. The number of benzene rings is 1. The second-order valence-corrected chi connectivity index (χ2v) is 3.86. The van der Waals surface area contributed by atoms with Crippen molar-refractivity contribution < 1.29 is 4.74 Å². The van der Waals surface area contributed by atoms with Gasteiger partial charge in [0.1, 0.15) is 5.75 Å². The molecule has 0 bridgehead atoms. The van der Waals surface area contributed by atoms with Gasteiger partial charge in [-0.2, -0.15) is 0 Å². The van der Waals surface area contributed by atoms with E-state index in [4.69, 9.17) is 33.7 Å². The van der Waals surface area contributed by atoms with Crippen LogP contribution in [0.3, 0.4) is 0 Å². The summed E-state index contributed by atoms with van der Waals surface area (Å²) in [4.78, 5) is 0. The van der Waals surface area contributed by atoms with Crippen molar-refractivity contribution in [3.8, 4) is 5.75 Å². The Bertz CT molecular complexity index is 341. The molecule has 0 amide bonds. The molecule has 0 radical (unpaired) electrons. The molecule has 0 aliphatic carbocycles. The zero-order chi connectivity index (χ0) is 9.42. The average Bonchev–Trinajstić information content (AvgIpc) is 2.09. The van der Waals surface area contributed by atoms with Gasteiger partial charge in [-0.1, -0.05) is 23.2 Å². The van der Waals surface area contributed by atoms with E-state index in [1.165, 1.54) is 0 Å². The van der Waals surface area contributed by atoms with Gasteiger partial charge < -0.3 is 10.5 Å². The van der Waals surface area contributed by atoms with Crippen molar-refractivity contribution in [3.63, 3.8) is 0 Å². The van der Waals surface area contributed by atoms with E-state index in [2.05, 4.69) is 0 Å². The van der Waals surface area contributed by atoms with Crippen LogP contribution >= 0.6 is 23.2 Å². The third kappa shape index (κ3) is 1.62. The van der Waals surface area contributed by atoms with Gasteiger partial charge in [0.2, 0.25) is 0 Å². The first-order chi connectivity index (χ1) is 6.18. The van der Waals surface area contributed by atoms with E-state index in [9.17, 15) is 0 Å². The summed E-state index contributed by atoms with van der Waals surface area (Å²) < 4.78 is 5.41. The van der Waals surface area contributed by atoms with Gasteiger partial charge in [-0.05, 0) is 6.07 Å². The van der Waals surface area contributed by atoms with Crippen molar-refractivity contribution in [2.45, 2.75) is 12.5 Å². The number of rotatable bonds is 0. The minimum absolute atomic E-state index is 0.0125. The molecule has 0 aromatic heterocycles. The van der Waals surface area contributed by atoms with Crippen LogP contribution in [0.25, 0.3) is 0 Å². The molecule has 13 heavy (non-hydrogen) atoms. The van der Waals surface area contributed by atoms with E-state index in [0.29, 0.717) is 16.7 Å². The molecular weight excluding hydrogens is 209 g/mol. The lowest BCUT2D eigenvalue weighted by atomic mass is 10.0.